The van der Waals surface area contributed by atoms with Crippen LogP contribution in [0, 0.1) is 12.8 Å². The minimum atomic E-state index is 0.254. The molecule has 1 aromatic rings. The number of hydrogen-bond donors (Lipinski definition) is 2. The number of aliphatic hydroxyl groups is 1. The molecule has 0 amide bonds. The Balaban J connectivity index is 1.93. The monoisotopic (exact) mass is 264 g/mol. The molecule has 0 radical (unpaired) electrons. The number of likely N-dealkylation sites (tertiary alicyclic amines) is 1. The first kappa shape index (κ1) is 13.3. The maximum absolute atomic E-state index is 9.22. The van der Waals surface area contributed by atoms with Gasteiger partial charge in [-0.05, 0) is 50.0 Å². The predicted octanol–water partition coefficient (Wildman–Crippen LogP) is 2.40. The number of piperidine rings is 1. The third-order valence-corrected chi connectivity index (χ3v) is 3.73. The highest BCUT2D eigenvalue weighted by Gasteiger charge is 2.20. The maximum Gasteiger partial charge on any atom is 0.173 e. The normalized spacial score (nSPS) is 19.7. The second-order valence-corrected chi connectivity index (χ2v) is 5.32. The highest BCUT2D eigenvalue weighted by Crippen LogP contribution is 2.17. The molecule has 0 spiro atoms. The SMILES string of the molecule is Cc1ccc(NC(=S)N2CCC[C@@H](CO)C2)cc1. The molecule has 18 heavy (non-hydrogen) atoms. The average Bonchev–Trinajstić information content (AvgIpc) is 2.41. The molecule has 1 heterocycles. The van der Waals surface area contributed by atoms with Crippen LogP contribution in [0.25, 0.3) is 0 Å². The maximum atomic E-state index is 9.22. The van der Waals surface area contributed by atoms with Crippen molar-refractivity contribution in [1.29, 1.82) is 0 Å². The molecule has 0 unspecified atom stereocenters. The largest absolute Gasteiger partial charge is 0.396 e. The Bertz CT molecular complexity index is 405. The quantitative estimate of drug-likeness (QED) is 0.804. The Hall–Kier alpha value is -1.13. The van der Waals surface area contributed by atoms with E-state index in [1.165, 1.54) is 5.56 Å². The van der Waals surface area contributed by atoms with Crippen molar-refractivity contribution < 1.29 is 5.11 Å². The lowest BCUT2D eigenvalue weighted by molar-refractivity contribution is 0.162. The summed E-state index contributed by atoms with van der Waals surface area (Å²) < 4.78 is 0. The third kappa shape index (κ3) is 3.43. The smallest absolute Gasteiger partial charge is 0.173 e. The number of anilines is 1. The molecule has 0 aromatic heterocycles. The molecule has 1 aliphatic rings. The van der Waals surface area contributed by atoms with Crippen LogP contribution in [0.3, 0.4) is 0 Å². The van der Waals surface area contributed by atoms with Crippen molar-refractivity contribution in [3.8, 4) is 0 Å². The molecule has 1 aliphatic heterocycles. The van der Waals surface area contributed by atoms with Crippen molar-refractivity contribution in [2.75, 3.05) is 25.0 Å². The van der Waals surface area contributed by atoms with Crippen molar-refractivity contribution in [2.24, 2.45) is 5.92 Å². The Morgan fingerprint density at radius 2 is 2.17 bits per heavy atom. The topological polar surface area (TPSA) is 35.5 Å². The van der Waals surface area contributed by atoms with Gasteiger partial charge in [0.1, 0.15) is 0 Å². The number of aryl methyl sites for hydroxylation is 1. The van der Waals surface area contributed by atoms with Crippen LogP contribution in [0.5, 0.6) is 0 Å². The number of rotatable bonds is 2. The van der Waals surface area contributed by atoms with Crippen molar-refractivity contribution in [3.05, 3.63) is 29.8 Å². The number of nitrogens with zero attached hydrogens (tertiary/aromatic N) is 1. The summed E-state index contributed by atoms with van der Waals surface area (Å²) in [6.45, 7) is 4.16. The van der Waals surface area contributed by atoms with E-state index < -0.39 is 0 Å². The van der Waals surface area contributed by atoms with Gasteiger partial charge in [-0.3, -0.25) is 0 Å². The van der Waals surface area contributed by atoms with Crippen molar-refractivity contribution in [3.63, 3.8) is 0 Å². The van der Waals surface area contributed by atoms with Crippen LogP contribution in [-0.4, -0.2) is 34.8 Å². The molecule has 2 N–H and O–H groups in total. The Morgan fingerprint density at radius 1 is 1.44 bits per heavy atom. The minimum Gasteiger partial charge on any atom is -0.396 e. The lowest BCUT2D eigenvalue weighted by Crippen LogP contribution is -2.43. The third-order valence-electron chi connectivity index (χ3n) is 3.37. The number of nitrogens with one attached hydrogen (secondary N) is 1. The highest BCUT2D eigenvalue weighted by atomic mass is 32.1. The van der Waals surface area contributed by atoms with Gasteiger partial charge in [-0.2, -0.15) is 0 Å². The van der Waals surface area contributed by atoms with Gasteiger partial charge in [-0.1, -0.05) is 17.7 Å². The van der Waals surface area contributed by atoms with Gasteiger partial charge in [0.05, 0.1) is 0 Å². The first-order chi connectivity index (χ1) is 8.69. The van der Waals surface area contributed by atoms with Crippen LogP contribution in [-0.2, 0) is 0 Å². The molecule has 98 valence electrons. The molecule has 1 aromatic carbocycles. The van der Waals surface area contributed by atoms with Gasteiger partial charge in [0.25, 0.3) is 0 Å². The fourth-order valence-electron chi connectivity index (χ4n) is 2.24. The van der Waals surface area contributed by atoms with Crippen LogP contribution < -0.4 is 5.32 Å². The zero-order valence-electron chi connectivity index (χ0n) is 10.7. The number of thiocarbonyl (C=S) groups is 1. The highest BCUT2D eigenvalue weighted by molar-refractivity contribution is 7.80. The summed E-state index contributed by atoms with van der Waals surface area (Å²) >= 11 is 5.42. The average molecular weight is 264 g/mol. The standard InChI is InChI=1S/C14H20N2OS/c1-11-4-6-13(7-5-11)15-14(18)16-8-2-3-12(9-16)10-17/h4-7,12,17H,2-3,8-10H2,1H3,(H,15,18)/t12-/m1/s1. The predicted molar refractivity (Wildman–Crippen MR) is 78.8 cm³/mol. The molecule has 1 atom stereocenters. The van der Waals surface area contributed by atoms with Gasteiger partial charge in [0.15, 0.2) is 5.11 Å². The summed E-state index contributed by atoms with van der Waals surface area (Å²) in [5, 5.41) is 13.2. The lowest BCUT2D eigenvalue weighted by Gasteiger charge is -2.33. The minimum absolute atomic E-state index is 0.254. The summed E-state index contributed by atoms with van der Waals surface area (Å²) in [7, 11) is 0. The van der Waals surface area contributed by atoms with Gasteiger partial charge >= 0.3 is 0 Å². The van der Waals surface area contributed by atoms with E-state index in [9.17, 15) is 5.11 Å². The summed E-state index contributed by atoms with van der Waals surface area (Å²) in [5.74, 6) is 0.358. The van der Waals surface area contributed by atoms with E-state index in [1.807, 2.05) is 12.1 Å². The summed E-state index contributed by atoms with van der Waals surface area (Å²) in [5.41, 5.74) is 2.27. The van der Waals surface area contributed by atoms with Gasteiger partial charge in [-0.25, -0.2) is 0 Å². The second kappa shape index (κ2) is 6.16. The van der Waals surface area contributed by atoms with Crippen molar-refractivity contribution >= 4 is 23.0 Å². The summed E-state index contributed by atoms with van der Waals surface area (Å²) in [6.07, 6.45) is 2.20. The zero-order valence-corrected chi connectivity index (χ0v) is 11.5. The zero-order chi connectivity index (χ0) is 13.0. The summed E-state index contributed by atoms with van der Waals surface area (Å²) in [6, 6.07) is 8.21. The molecule has 0 bridgehead atoms. The van der Waals surface area contributed by atoms with E-state index in [2.05, 4.69) is 29.3 Å². The molecule has 3 nitrogen and oxygen atoms in total. The number of hydrogen-bond acceptors (Lipinski definition) is 2. The molecule has 1 saturated heterocycles. The van der Waals surface area contributed by atoms with Gasteiger partial charge < -0.3 is 15.3 Å². The van der Waals surface area contributed by atoms with Crippen LogP contribution >= 0.6 is 12.2 Å². The van der Waals surface area contributed by atoms with Crippen LogP contribution in [0.2, 0.25) is 0 Å². The molecule has 0 aliphatic carbocycles. The van der Waals surface area contributed by atoms with E-state index >= 15 is 0 Å². The Labute approximate surface area is 114 Å². The molecular weight excluding hydrogens is 244 g/mol. The number of aliphatic hydroxyl groups excluding tert-OH is 1. The Morgan fingerprint density at radius 3 is 2.83 bits per heavy atom. The van der Waals surface area contributed by atoms with E-state index in [0.717, 1.165) is 36.7 Å². The fourth-order valence-corrected chi connectivity index (χ4v) is 2.52. The molecule has 0 saturated carbocycles. The van der Waals surface area contributed by atoms with E-state index in [-0.39, 0.29) is 6.61 Å². The molecule has 1 fully saturated rings. The van der Waals surface area contributed by atoms with Crippen LogP contribution in [0.4, 0.5) is 5.69 Å². The van der Waals surface area contributed by atoms with Crippen LogP contribution in [0.15, 0.2) is 24.3 Å². The molecule has 4 heteroatoms. The number of benzene rings is 1. The van der Waals surface area contributed by atoms with E-state index in [4.69, 9.17) is 12.2 Å². The fraction of sp³-hybridized carbons (Fsp3) is 0.500. The van der Waals surface area contributed by atoms with Crippen LogP contribution in [0.1, 0.15) is 18.4 Å². The van der Waals surface area contributed by atoms with Crippen molar-refractivity contribution in [2.45, 2.75) is 19.8 Å². The van der Waals surface area contributed by atoms with Gasteiger partial charge in [0, 0.05) is 25.4 Å². The Kier molecular flexibility index (Phi) is 4.55. The second-order valence-electron chi connectivity index (χ2n) is 4.93. The van der Waals surface area contributed by atoms with Gasteiger partial charge in [-0.15, -0.1) is 0 Å². The molecular formula is C14H20N2OS. The lowest BCUT2D eigenvalue weighted by atomic mass is 9.99. The molecule has 2 rings (SSSR count). The van der Waals surface area contributed by atoms with Gasteiger partial charge in [0.2, 0.25) is 0 Å². The van der Waals surface area contributed by atoms with E-state index in [1.54, 1.807) is 0 Å². The van der Waals surface area contributed by atoms with Crippen molar-refractivity contribution in [1.82, 2.24) is 4.90 Å². The summed E-state index contributed by atoms with van der Waals surface area (Å²) in [4.78, 5) is 2.15. The first-order valence-corrected chi connectivity index (χ1v) is 6.83. The van der Waals surface area contributed by atoms with E-state index in [0.29, 0.717) is 5.92 Å². The first-order valence-electron chi connectivity index (χ1n) is 6.42.